The molecule has 0 fully saturated rings. The first-order valence-corrected chi connectivity index (χ1v) is 12.0. The van der Waals surface area contributed by atoms with Crippen molar-refractivity contribution in [3.63, 3.8) is 0 Å². The van der Waals surface area contributed by atoms with Gasteiger partial charge in [-0.1, -0.05) is 26.0 Å². The summed E-state index contributed by atoms with van der Waals surface area (Å²) in [5.74, 6) is -4.17. The summed E-state index contributed by atoms with van der Waals surface area (Å²) in [7, 11) is 0. The van der Waals surface area contributed by atoms with E-state index in [2.05, 4.69) is 28.6 Å². The second kappa shape index (κ2) is 14.9. The molecule has 0 bridgehead atoms. The van der Waals surface area contributed by atoms with E-state index >= 15 is 0 Å². The summed E-state index contributed by atoms with van der Waals surface area (Å²) >= 11 is 3.94. The van der Waals surface area contributed by atoms with Crippen LogP contribution in [0, 0.1) is 5.92 Å². The average molecular weight is 526 g/mol. The Morgan fingerprint density at radius 3 is 1.94 bits per heavy atom. The fraction of sp³-hybridized carbons (Fsp3) is 0.522. The van der Waals surface area contributed by atoms with Gasteiger partial charge in [-0.05, 0) is 36.5 Å². The zero-order valence-corrected chi connectivity index (χ0v) is 21.2. The monoisotopic (exact) mass is 525 g/mol. The van der Waals surface area contributed by atoms with Crippen molar-refractivity contribution in [2.75, 3.05) is 5.75 Å². The second-order valence-electron chi connectivity index (χ2n) is 8.82. The number of nitrogens with one attached hydrogen (secondary N) is 3. The van der Waals surface area contributed by atoms with E-state index in [-0.39, 0.29) is 43.1 Å². The molecule has 4 unspecified atom stereocenters. The minimum Gasteiger partial charge on any atom is -0.508 e. The Kier molecular flexibility index (Phi) is 12.7. The van der Waals surface area contributed by atoms with E-state index in [1.165, 1.54) is 12.1 Å². The number of primary amides is 1. The Labute approximate surface area is 215 Å². The van der Waals surface area contributed by atoms with Gasteiger partial charge in [-0.15, -0.1) is 0 Å². The van der Waals surface area contributed by atoms with Gasteiger partial charge >= 0.3 is 5.97 Å². The highest BCUT2D eigenvalue weighted by molar-refractivity contribution is 7.80. The SMILES string of the molecule is CC(C)CC(NC(=O)C(N)CCC(N)=O)C(=O)NC(Cc1ccc(O)cc1)C(=O)NC(CS)C(=O)O. The first kappa shape index (κ1) is 30.7. The lowest BCUT2D eigenvalue weighted by molar-refractivity contribution is -0.141. The summed E-state index contributed by atoms with van der Waals surface area (Å²) in [6.45, 7) is 3.68. The number of carboxylic acids is 1. The molecule has 0 aromatic heterocycles. The number of aromatic hydroxyl groups is 1. The van der Waals surface area contributed by atoms with Crippen LogP contribution in [0.15, 0.2) is 24.3 Å². The summed E-state index contributed by atoms with van der Waals surface area (Å²) in [5, 5.41) is 26.3. The molecule has 0 spiro atoms. The maximum absolute atomic E-state index is 13.2. The van der Waals surface area contributed by atoms with E-state index in [0.29, 0.717) is 5.56 Å². The van der Waals surface area contributed by atoms with E-state index in [1.807, 2.05) is 13.8 Å². The van der Waals surface area contributed by atoms with Gasteiger partial charge in [0.25, 0.3) is 0 Å². The van der Waals surface area contributed by atoms with Crippen LogP contribution in [0.2, 0.25) is 0 Å². The lowest BCUT2D eigenvalue weighted by Gasteiger charge is -2.26. The average Bonchev–Trinajstić information content (AvgIpc) is 2.80. The first-order valence-electron chi connectivity index (χ1n) is 11.4. The van der Waals surface area contributed by atoms with Gasteiger partial charge in [-0.2, -0.15) is 12.6 Å². The second-order valence-corrected chi connectivity index (χ2v) is 9.18. The molecule has 0 aliphatic carbocycles. The summed E-state index contributed by atoms with van der Waals surface area (Å²) in [6.07, 6.45) is 0.114. The number of hydrogen-bond donors (Lipinski definition) is 8. The molecule has 4 atom stereocenters. The van der Waals surface area contributed by atoms with Crippen molar-refractivity contribution in [1.29, 1.82) is 0 Å². The third kappa shape index (κ3) is 11.0. The minimum atomic E-state index is -1.29. The van der Waals surface area contributed by atoms with Gasteiger partial charge in [0.15, 0.2) is 0 Å². The predicted molar refractivity (Wildman–Crippen MR) is 135 cm³/mol. The molecule has 0 radical (unpaired) electrons. The number of phenols is 1. The summed E-state index contributed by atoms with van der Waals surface area (Å²) in [4.78, 5) is 60.9. The number of rotatable bonds is 15. The Morgan fingerprint density at radius 2 is 1.44 bits per heavy atom. The van der Waals surface area contributed by atoms with Crippen molar-refractivity contribution >= 4 is 42.2 Å². The normalized spacial score (nSPS) is 14.2. The van der Waals surface area contributed by atoms with Crippen LogP contribution in [-0.4, -0.2) is 69.7 Å². The van der Waals surface area contributed by atoms with Crippen LogP contribution in [0.25, 0.3) is 0 Å². The van der Waals surface area contributed by atoms with Gasteiger partial charge in [0.1, 0.15) is 23.9 Å². The van der Waals surface area contributed by atoms with Gasteiger partial charge in [0.05, 0.1) is 6.04 Å². The topological polar surface area (TPSA) is 214 Å². The van der Waals surface area contributed by atoms with Gasteiger partial charge in [0, 0.05) is 18.6 Å². The van der Waals surface area contributed by atoms with Crippen molar-refractivity contribution in [2.45, 2.75) is 63.7 Å². The smallest absolute Gasteiger partial charge is 0.327 e. The number of benzene rings is 1. The molecule has 4 amide bonds. The Bertz CT molecular complexity index is 926. The molecular formula is C23H35N5O7S. The summed E-state index contributed by atoms with van der Waals surface area (Å²) in [5.41, 5.74) is 11.5. The molecule has 36 heavy (non-hydrogen) atoms. The minimum absolute atomic E-state index is 0.00335. The Hall–Kier alpha value is -3.32. The maximum atomic E-state index is 13.2. The number of carbonyl (C=O) groups excluding carboxylic acids is 4. The third-order valence-corrected chi connectivity index (χ3v) is 5.55. The van der Waals surface area contributed by atoms with Crippen LogP contribution in [0.4, 0.5) is 0 Å². The van der Waals surface area contributed by atoms with Crippen LogP contribution in [0.1, 0.15) is 38.7 Å². The van der Waals surface area contributed by atoms with Crippen LogP contribution in [0.3, 0.4) is 0 Å². The number of hydrogen-bond acceptors (Lipinski definition) is 8. The quantitative estimate of drug-likeness (QED) is 0.133. The number of carbonyl (C=O) groups is 5. The number of nitrogens with two attached hydrogens (primary N) is 2. The van der Waals surface area contributed by atoms with Gasteiger partial charge in [0.2, 0.25) is 23.6 Å². The molecule has 0 saturated carbocycles. The zero-order chi connectivity index (χ0) is 27.4. The number of carboxylic acid groups (broad SMARTS) is 1. The van der Waals surface area contributed by atoms with Crippen molar-refractivity contribution < 1.29 is 34.2 Å². The number of amides is 4. The predicted octanol–water partition coefficient (Wildman–Crippen LogP) is -0.958. The molecule has 1 aromatic carbocycles. The third-order valence-electron chi connectivity index (χ3n) is 5.18. The molecule has 200 valence electrons. The molecule has 9 N–H and O–H groups in total. The lowest BCUT2D eigenvalue weighted by Crippen LogP contribution is -2.58. The van der Waals surface area contributed by atoms with E-state index in [9.17, 15) is 34.2 Å². The first-order chi connectivity index (χ1) is 16.8. The fourth-order valence-electron chi connectivity index (χ4n) is 3.22. The van der Waals surface area contributed by atoms with E-state index in [4.69, 9.17) is 11.5 Å². The maximum Gasteiger partial charge on any atom is 0.327 e. The summed E-state index contributed by atoms with van der Waals surface area (Å²) in [6, 6.07) is 1.34. The van der Waals surface area contributed by atoms with Gasteiger partial charge in [-0.3, -0.25) is 19.2 Å². The van der Waals surface area contributed by atoms with Crippen LogP contribution < -0.4 is 27.4 Å². The van der Waals surface area contributed by atoms with Gasteiger partial charge in [-0.25, -0.2) is 4.79 Å². The Balaban J connectivity index is 3.09. The standard InChI is InChI=1S/C23H35N5O7S/c1-12(2)9-16(26-20(31)15(24)7-8-19(25)30)21(32)27-17(10-13-3-5-14(29)6-4-13)22(33)28-18(11-36)23(34)35/h3-6,12,15-18,29,36H,7-11,24H2,1-2H3,(H2,25,30)(H,26,31)(H,27,32)(H,28,33)(H,34,35). The molecule has 0 saturated heterocycles. The van der Waals surface area contributed by atoms with Crippen molar-refractivity contribution in [2.24, 2.45) is 17.4 Å². The van der Waals surface area contributed by atoms with Crippen molar-refractivity contribution in [3.8, 4) is 5.75 Å². The number of thiol groups is 1. The number of aliphatic carboxylic acids is 1. The van der Waals surface area contributed by atoms with E-state index < -0.39 is 53.8 Å². The molecule has 12 nitrogen and oxygen atoms in total. The molecule has 0 heterocycles. The highest BCUT2D eigenvalue weighted by atomic mass is 32.1. The lowest BCUT2D eigenvalue weighted by atomic mass is 10.00. The highest BCUT2D eigenvalue weighted by Gasteiger charge is 2.30. The van der Waals surface area contributed by atoms with E-state index in [0.717, 1.165) is 0 Å². The fourth-order valence-corrected chi connectivity index (χ4v) is 3.47. The number of phenolic OH excluding ortho intramolecular Hbond substituents is 1. The van der Waals surface area contributed by atoms with Crippen molar-refractivity contribution in [3.05, 3.63) is 29.8 Å². The van der Waals surface area contributed by atoms with Crippen LogP contribution >= 0.6 is 12.6 Å². The Morgan fingerprint density at radius 1 is 0.917 bits per heavy atom. The van der Waals surface area contributed by atoms with Gasteiger partial charge < -0.3 is 37.6 Å². The molecular weight excluding hydrogens is 490 g/mol. The molecule has 1 aromatic rings. The molecule has 0 aliphatic rings. The highest BCUT2D eigenvalue weighted by Crippen LogP contribution is 2.13. The molecule has 1 rings (SSSR count). The van der Waals surface area contributed by atoms with Crippen LogP contribution in [0.5, 0.6) is 5.75 Å². The zero-order valence-electron chi connectivity index (χ0n) is 20.3. The largest absolute Gasteiger partial charge is 0.508 e. The van der Waals surface area contributed by atoms with Crippen LogP contribution in [-0.2, 0) is 30.4 Å². The summed E-state index contributed by atoms with van der Waals surface area (Å²) < 4.78 is 0. The molecule has 13 heteroatoms. The van der Waals surface area contributed by atoms with E-state index in [1.54, 1.807) is 12.1 Å². The van der Waals surface area contributed by atoms with Crippen molar-refractivity contribution in [1.82, 2.24) is 16.0 Å². The molecule has 0 aliphatic heterocycles.